The topological polar surface area (TPSA) is 59.8 Å². The summed E-state index contributed by atoms with van der Waals surface area (Å²) in [6, 6.07) is 24.9. The van der Waals surface area contributed by atoms with Crippen LogP contribution in [0, 0.1) is 0 Å². The van der Waals surface area contributed by atoms with Crippen LogP contribution < -0.4 is 10.1 Å². The van der Waals surface area contributed by atoms with Crippen LogP contribution in [0.4, 0.5) is 0 Å². The maximum absolute atomic E-state index is 13.1. The number of Topliss-reactive ketones (excluding diaryl/α,β-unsaturated/α-hetero) is 1. The molecule has 2 heterocycles. The minimum absolute atomic E-state index is 0.374. The van der Waals surface area contributed by atoms with Gasteiger partial charge in [0.25, 0.3) is 11.7 Å². The molecule has 0 aliphatic carbocycles. The van der Waals surface area contributed by atoms with E-state index in [9.17, 15) is 9.59 Å². The highest BCUT2D eigenvalue weighted by Gasteiger charge is 2.24. The van der Waals surface area contributed by atoms with Crippen molar-refractivity contribution >= 4 is 17.2 Å². The van der Waals surface area contributed by atoms with E-state index in [2.05, 4.69) is 5.32 Å². The van der Waals surface area contributed by atoms with E-state index < -0.39 is 11.7 Å². The maximum Gasteiger partial charge on any atom is 0.294 e. The third-order valence-electron chi connectivity index (χ3n) is 5.04. The minimum atomic E-state index is -0.607. The Morgan fingerprint density at radius 3 is 2.40 bits per heavy atom. The smallest absolute Gasteiger partial charge is 0.294 e. The molecule has 0 atom stereocenters. The number of nitrogens with zero attached hydrogens (tertiary/aromatic N) is 1. The number of amides is 1. The van der Waals surface area contributed by atoms with E-state index in [4.69, 9.17) is 4.74 Å². The zero-order valence-electron chi connectivity index (χ0n) is 16.7. The van der Waals surface area contributed by atoms with Crippen LogP contribution in [0.25, 0.3) is 16.6 Å². The Labute approximate surface area is 174 Å². The van der Waals surface area contributed by atoms with Crippen molar-refractivity contribution in [1.29, 1.82) is 0 Å². The van der Waals surface area contributed by atoms with Crippen molar-refractivity contribution in [1.82, 2.24) is 9.72 Å². The Kier molecular flexibility index (Phi) is 5.61. The molecule has 30 heavy (non-hydrogen) atoms. The van der Waals surface area contributed by atoms with Gasteiger partial charge in [-0.25, -0.2) is 0 Å². The number of hydrogen-bond donors (Lipinski definition) is 1. The van der Waals surface area contributed by atoms with Crippen molar-refractivity contribution < 1.29 is 14.3 Å². The molecule has 4 rings (SSSR count). The van der Waals surface area contributed by atoms with E-state index in [1.54, 1.807) is 17.7 Å². The number of benzene rings is 2. The number of nitrogens with one attached hydrogen (secondary N) is 1. The van der Waals surface area contributed by atoms with Crippen LogP contribution in [0.5, 0.6) is 5.75 Å². The molecular weight excluding hydrogens is 376 g/mol. The highest BCUT2D eigenvalue weighted by Crippen LogP contribution is 2.28. The number of carbonyl (C=O) groups excluding carboxylic acids is 2. The van der Waals surface area contributed by atoms with Gasteiger partial charge >= 0.3 is 0 Å². The molecule has 150 valence electrons. The van der Waals surface area contributed by atoms with Crippen LogP contribution in [-0.2, 0) is 11.2 Å². The molecule has 2 aromatic heterocycles. The number of carbonyl (C=O) groups is 2. The van der Waals surface area contributed by atoms with E-state index in [0.717, 1.165) is 28.0 Å². The lowest BCUT2D eigenvalue weighted by molar-refractivity contribution is -0.117. The summed E-state index contributed by atoms with van der Waals surface area (Å²) in [4.78, 5) is 25.8. The third-order valence-corrected chi connectivity index (χ3v) is 5.04. The second-order valence-corrected chi connectivity index (χ2v) is 6.95. The largest absolute Gasteiger partial charge is 0.497 e. The van der Waals surface area contributed by atoms with E-state index in [0.29, 0.717) is 18.7 Å². The van der Waals surface area contributed by atoms with Crippen LogP contribution in [0.3, 0.4) is 0 Å². The second kappa shape index (κ2) is 8.66. The van der Waals surface area contributed by atoms with Gasteiger partial charge in [0.2, 0.25) is 0 Å². The molecule has 4 aromatic rings. The van der Waals surface area contributed by atoms with Gasteiger partial charge < -0.3 is 14.5 Å². The van der Waals surface area contributed by atoms with E-state index in [1.165, 1.54) is 0 Å². The van der Waals surface area contributed by atoms with Gasteiger partial charge in [0.1, 0.15) is 11.4 Å². The predicted molar refractivity (Wildman–Crippen MR) is 117 cm³/mol. The first-order valence-corrected chi connectivity index (χ1v) is 9.78. The number of ketones is 1. The van der Waals surface area contributed by atoms with Crippen LogP contribution in [0.15, 0.2) is 85.1 Å². The highest BCUT2D eigenvalue weighted by atomic mass is 16.5. The SMILES string of the molecule is COc1ccc(CCNC(=O)C(=O)c2c(-c3ccccc3)cc3ccccn23)cc1. The summed E-state index contributed by atoms with van der Waals surface area (Å²) in [6.45, 7) is 0.376. The van der Waals surface area contributed by atoms with Crippen molar-refractivity contribution in [2.24, 2.45) is 0 Å². The molecule has 5 nitrogen and oxygen atoms in total. The second-order valence-electron chi connectivity index (χ2n) is 6.95. The molecule has 0 unspecified atom stereocenters. The van der Waals surface area contributed by atoms with Gasteiger partial charge in [-0.2, -0.15) is 0 Å². The lowest BCUT2D eigenvalue weighted by atomic mass is 10.0. The summed E-state index contributed by atoms with van der Waals surface area (Å²) in [5.41, 5.74) is 3.94. The molecule has 0 fully saturated rings. The van der Waals surface area contributed by atoms with E-state index >= 15 is 0 Å². The van der Waals surface area contributed by atoms with Gasteiger partial charge in [0, 0.05) is 23.8 Å². The van der Waals surface area contributed by atoms with Gasteiger partial charge in [0.15, 0.2) is 0 Å². The number of rotatable bonds is 7. The quantitative estimate of drug-likeness (QED) is 0.376. The first-order chi connectivity index (χ1) is 14.7. The summed E-state index contributed by atoms with van der Waals surface area (Å²) < 4.78 is 6.92. The number of ether oxygens (including phenoxy) is 1. The third kappa shape index (κ3) is 3.96. The van der Waals surface area contributed by atoms with Crippen molar-refractivity contribution in [3.8, 4) is 16.9 Å². The molecule has 0 saturated carbocycles. The van der Waals surface area contributed by atoms with Gasteiger partial charge in [-0.05, 0) is 47.9 Å². The van der Waals surface area contributed by atoms with Crippen molar-refractivity contribution in [2.45, 2.75) is 6.42 Å². The Morgan fingerprint density at radius 2 is 1.67 bits per heavy atom. The van der Waals surface area contributed by atoms with Crippen LogP contribution in [-0.4, -0.2) is 29.7 Å². The molecule has 5 heteroatoms. The normalized spacial score (nSPS) is 10.7. The van der Waals surface area contributed by atoms with Gasteiger partial charge in [-0.3, -0.25) is 9.59 Å². The first-order valence-electron chi connectivity index (χ1n) is 9.78. The summed E-state index contributed by atoms with van der Waals surface area (Å²) >= 11 is 0. The number of methoxy groups -OCH3 is 1. The molecule has 1 amide bonds. The summed E-state index contributed by atoms with van der Waals surface area (Å²) in [6.07, 6.45) is 2.43. The summed E-state index contributed by atoms with van der Waals surface area (Å²) in [5, 5.41) is 2.76. The van der Waals surface area contributed by atoms with E-state index in [1.807, 2.05) is 78.9 Å². The van der Waals surface area contributed by atoms with Gasteiger partial charge in [-0.15, -0.1) is 0 Å². The predicted octanol–water partition coefficient (Wildman–Crippen LogP) is 4.16. The molecule has 0 aliphatic rings. The fraction of sp³-hybridized carbons (Fsp3) is 0.120. The lowest BCUT2D eigenvalue weighted by Gasteiger charge is -2.08. The van der Waals surface area contributed by atoms with Gasteiger partial charge in [0.05, 0.1) is 7.11 Å². The molecule has 0 aliphatic heterocycles. The lowest BCUT2D eigenvalue weighted by Crippen LogP contribution is -2.33. The molecular formula is C25H22N2O3. The molecule has 0 saturated heterocycles. The Bertz CT molecular complexity index is 1180. The highest BCUT2D eigenvalue weighted by molar-refractivity contribution is 6.43. The molecule has 0 radical (unpaired) electrons. The number of pyridine rings is 1. The zero-order chi connectivity index (χ0) is 20.9. The summed E-state index contributed by atoms with van der Waals surface area (Å²) in [7, 11) is 1.62. The summed E-state index contributed by atoms with van der Waals surface area (Å²) in [5.74, 6) is -0.370. The standard InChI is InChI=1S/C25H22N2O3/c1-30-21-12-10-18(11-13-21)14-15-26-25(29)24(28)23-22(19-7-3-2-4-8-19)17-20-9-5-6-16-27(20)23/h2-13,16-17H,14-15H2,1H3,(H,26,29). The first kappa shape index (κ1) is 19.5. The Morgan fingerprint density at radius 1 is 0.933 bits per heavy atom. The van der Waals surface area contributed by atoms with Crippen LogP contribution in [0.2, 0.25) is 0 Å². The molecule has 1 N–H and O–H groups in total. The Hall–Kier alpha value is -3.86. The monoisotopic (exact) mass is 398 g/mol. The molecule has 0 spiro atoms. The number of hydrogen-bond acceptors (Lipinski definition) is 3. The number of fused-ring (bicyclic) bond motifs is 1. The van der Waals surface area contributed by atoms with E-state index in [-0.39, 0.29) is 0 Å². The average molecular weight is 398 g/mol. The van der Waals surface area contributed by atoms with Crippen molar-refractivity contribution in [2.75, 3.05) is 13.7 Å². The average Bonchev–Trinajstić information content (AvgIpc) is 3.19. The van der Waals surface area contributed by atoms with Crippen molar-refractivity contribution in [3.05, 3.63) is 96.3 Å². The van der Waals surface area contributed by atoms with Gasteiger partial charge in [-0.1, -0.05) is 48.5 Å². The Balaban J connectivity index is 1.54. The molecule has 0 bridgehead atoms. The zero-order valence-corrected chi connectivity index (χ0v) is 16.7. The fourth-order valence-electron chi connectivity index (χ4n) is 3.49. The number of aromatic nitrogens is 1. The van der Waals surface area contributed by atoms with Crippen LogP contribution >= 0.6 is 0 Å². The van der Waals surface area contributed by atoms with Crippen LogP contribution in [0.1, 0.15) is 16.1 Å². The minimum Gasteiger partial charge on any atom is -0.497 e. The fourth-order valence-corrected chi connectivity index (χ4v) is 3.49. The maximum atomic E-state index is 13.1. The molecule has 2 aromatic carbocycles. The van der Waals surface area contributed by atoms with Crippen molar-refractivity contribution in [3.63, 3.8) is 0 Å².